The van der Waals surface area contributed by atoms with Crippen molar-refractivity contribution in [1.29, 1.82) is 0 Å². The molecule has 1 aromatic carbocycles. The molecule has 0 bridgehead atoms. The Balaban J connectivity index is 2.03. The molecule has 0 saturated heterocycles. The topological polar surface area (TPSA) is 99.0 Å². The number of hydrogen-bond donors (Lipinski definition) is 2. The van der Waals surface area contributed by atoms with Gasteiger partial charge in [-0.3, -0.25) is 14.8 Å². The number of nitrogens with one attached hydrogen (secondary N) is 1. The zero-order valence-corrected chi connectivity index (χ0v) is 12.6. The summed E-state index contributed by atoms with van der Waals surface area (Å²) in [6.45, 7) is 0. The van der Waals surface area contributed by atoms with Crippen LogP contribution in [0.25, 0.3) is 17.3 Å². The number of amides is 1. The SMILES string of the molecule is NNC(=O)CSc1nnc(-c2ccco2)n1-c1ccc(F)cc1. The van der Waals surface area contributed by atoms with Crippen LogP contribution in [0.15, 0.2) is 52.2 Å². The van der Waals surface area contributed by atoms with Gasteiger partial charge >= 0.3 is 0 Å². The molecule has 0 aliphatic heterocycles. The molecule has 3 rings (SSSR count). The Labute approximate surface area is 134 Å². The Morgan fingerprint density at radius 1 is 1.30 bits per heavy atom. The smallest absolute Gasteiger partial charge is 0.244 e. The van der Waals surface area contributed by atoms with Gasteiger partial charge in [-0.05, 0) is 36.4 Å². The molecule has 9 heteroatoms. The van der Waals surface area contributed by atoms with Gasteiger partial charge in [0.05, 0.1) is 17.7 Å². The van der Waals surface area contributed by atoms with Gasteiger partial charge in [0.2, 0.25) is 11.7 Å². The standard InChI is InChI=1S/C14H12FN5O2S/c15-9-3-5-10(6-4-9)20-13(11-2-1-7-22-11)18-19-14(20)23-8-12(21)17-16/h1-7H,8,16H2,(H,17,21). The van der Waals surface area contributed by atoms with Crippen molar-refractivity contribution in [3.63, 3.8) is 0 Å². The van der Waals surface area contributed by atoms with E-state index in [-0.39, 0.29) is 17.5 Å². The maximum atomic E-state index is 13.2. The van der Waals surface area contributed by atoms with Crippen molar-refractivity contribution in [3.05, 3.63) is 48.5 Å². The quantitative estimate of drug-likeness (QED) is 0.319. The number of carbonyl (C=O) groups is 1. The number of benzene rings is 1. The molecule has 0 spiro atoms. The lowest BCUT2D eigenvalue weighted by Crippen LogP contribution is -2.31. The summed E-state index contributed by atoms with van der Waals surface area (Å²) in [5.74, 6) is 5.42. The molecule has 0 unspecified atom stereocenters. The number of carbonyl (C=O) groups excluding carboxylic acids is 1. The lowest BCUT2D eigenvalue weighted by atomic mass is 10.3. The number of thioether (sulfide) groups is 1. The molecule has 118 valence electrons. The zero-order valence-electron chi connectivity index (χ0n) is 11.8. The molecule has 2 aromatic heterocycles. The van der Waals surface area contributed by atoms with Crippen LogP contribution in [0.1, 0.15) is 0 Å². The summed E-state index contributed by atoms with van der Waals surface area (Å²) in [5.41, 5.74) is 2.70. The van der Waals surface area contributed by atoms with E-state index in [0.29, 0.717) is 22.4 Å². The first kappa shape index (κ1) is 15.3. The number of halogens is 1. The number of hydrazine groups is 1. The van der Waals surface area contributed by atoms with Gasteiger partial charge in [-0.15, -0.1) is 10.2 Å². The van der Waals surface area contributed by atoms with Crippen LogP contribution in [0.3, 0.4) is 0 Å². The predicted octanol–water partition coefficient (Wildman–Crippen LogP) is 1.75. The summed E-state index contributed by atoms with van der Waals surface area (Å²) in [5, 5.41) is 8.65. The number of nitrogens with two attached hydrogens (primary N) is 1. The highest BCUT2D eigenvalue weighted by atomic mass is 32.2. The Kier molecular flexibility index (Phi) is 4.40. The first-order chi connectivity index (χ1) is 11.2. The van der Waals surface area contributed by atoms with Gasteiger partial charge in [-0.1, -0.05) is 11.8 Å². The third-order valence-corrected chi connectivity index (χ3v) is 3.88. The number of rotatable bonds is 5. The number of furan rings is 1. The van der Waals surface area contributed by atoms with E-state index in [1.165, 1.54) is 18.4 Å². The summed E-state index contributed by atoms with van der Waals surface area (Å²) >= 11 is 1.16. The molecule has 2 heterocycles. The molecular formula is C14H12FN5O2S. The van der Waals surface area contributed by atoms with Crippen molar-refractivity contribution < 1.29 is 13.6 Å². The van der Waals surface area contributed by atoms with E-state index in [1.54, 1.807) is 28.8 Å². The van der Waals surface area contributed by atoms with Crippen molar-refractivity contribution in [2.45, 2.75) is 5.16 Å². The largest absolute Gasteiger partial charge is 0.461 e. The number of nitrogens with zero attached hydrogens (tertiary/aromatic N) is 3. The fraction of sp³-hybridized carbons (Fsp3) is 0.0714. The average molecular weight is 333 g/mol. The van der Waals surface area contributed by atoms with Crippen LogP contribution in [-0.4, -0.2) is 26.4 Å². The molecule has 1 amide bonds. The summed E-state index contributed by atoms with van der Waals surface area (Å²) < 4.78 is 20.2. The maximum Gasteiger partial charge on any atom is 0.244 e. The van der Waals surface area contributed by atoms with E-state index in [0.717, 1.165) is 11.8 Å². The fourth-order valence-corrected chi connectivity index (χ4v) is 2.69. The third-order valence-electron chi connectivity index (χ3n) is 2.95. The monoisotopic (exact) mass is 333 g/mol. The lowest BCUT2D eigenvalue weighted by Gasteiger charge is -2.08. The lowest BCUT2D eigenvalue weighted by molar-refractivity contribution is -0.118. The van der Waals surface area contributed by atoms with Crippen LogP contribution >= 0.6 is 11.8 Å². The molecule has 23 heavy (non-hydrogen) atoms. The molecule has 0 aliphatic rings. The molecule has 3 aromatic rings. The predicted molar refractivity (Wildman–Crippen MR) is 82.1 cm³/mol. The highest BCUT2D eigenvalue weighted by Crippen LogP contribution is 2.28. The van der Waals surface area contributed by atoms with E-state index < -0.39 is 0 Å². The van der Waals surface area contributed by atoms with Gasteiger partial charge < -0.3 is 4.42 Å². The van der Waals surface area contributed by atoms with Gasteiger partial charge in [0.25, 0.3) is 0 Å². The Morgan fingerprint density at radius 3 is 2.74 bits per heavy atom. The molecular weight excluding hydrogens is 321 g/mol. The van der Waals surface area contributed by atoms with Gasteiger partial charge in [-0.25, -0.2) is 10.2 Å². The van der Waals surface area contributed by atoms with E-state index in [4.69, 9.17) is 10.3 Å². The highest BCUT2D eigenvalue weighted by Gasteiger charge is 2.18. The summed E-state index contributed by atoms with van der Waals surface area (Å²) in [6, 6.07) is 9.33. The molecule has 0 saturated carbocycles. The molecule has 0 aliphatic carbocycles. The minimum Gasteiger partial charge on any atom is -0.461 e. The van der Waals surface area contributed by atoms with Crippen molar-refractivity contribution in [2.24, 2.45) is 5.84 Å². The summed E-state index contributed by atoms with van der Waals surface area (Å²) in [7, 11) is 0. The van der Waals surface area contributed by atoms with E-state index in [9.17, 15) is 9.18 Å². The first-order valence-corrected chi connectivity index (χ1v) is 7.55. The summed E-state index contributed by atoms with van der Waals surface area (Å²) in [6.07, 6.45) is 1.52. The maximum absolute atomic E-state index is 13.2. The number of aromatic nitrogens is 3. The molecule has 0 fully saturated rings. The van der Waals surface area contributed by atoms with Crippen molar-refractivity contribution >= 4 is 17.7 Å². The van der Waals surface area contributed by atoms with E-state index in [1.807, 2.05) is 0 Å². The van der Waals surface area contributed by atoms with E-state index >= 15 is 0 Å². The second-order valence-corrected chi connectivity index (χ2v) is 5.39. The molecule has 0 atom stereocenters. The van der Waals surface area contributed by atoms with Gasteiger partial charge in [0, 0.05) is 0 Å². The molecule has 0 radical (unpaired) electrons. The molecule has 7 nitrogen and oxygen atoms in total. The van der Waals surface area contributed by atoms with Crippen molar-refractivity contribution in [2.75, 3.05) is 5.75 Å². The number of hydrogen-bond acceptors (Lipinski definition) is 6. The van der Waals surface area contributed by atoms with Crippen LogP contribution in [0.5, 0.6) is 0 Å². The minimum atomic E-state index is -0.349. The van der Waals surface area contributed by atoms with E-state index in [2.05, 4.69) is 15.6 Å². The zero-order chi connectivity index (χ0) is 16.2. The van der Waals surface area contributed by atoms with Gasteiger partial charge in [0.1, 0.15) is 5.82 Å². The van der Waals surface area contributed by atoms with Crippen LogP contribution < -0.4 is 11.3 Å². The van der Waals surface area contributed by atoms with Gasteiger partial charge in [0.15, 0.2) is 10.9 Å². The van der Waals surface area contributed by atoms with Crippen LogP contribution in [0.2, 0.25) is 0 Å². The fourth-order valence-electron chi connectivity index (χ4n) is 1.92. The second-order valence-electron chi connectivity index (χ2n) is 4.45. The Bertz CT molecular complexity index is 801. The highest BCUT2D eigenvalue weighted by molar-refractivity contribution is 7.99. The Morgan fingerprint density at radius 2 is 2.09 bits per heavy atom. The summed E-state index contributed by atoms with van der Waals surface area (Å²) in [4.78, 5) is 11.3. The van der Waals surface area contributed by atoms with Crippen molar-refractivity contribution in [1.82, 2.24) is 20.2 Å². The minimum absolute atomic E-state index is 0.0774. The van der Waals surface area contributed by atoms with Crippen molar-refractivity contribution in [3.8, 4) is 17.3 Å². The average Bonchev–Trinajstić information content (AvgIpc) is 3.22. The van der Waals surface area contributed by atoms with Crippen LogP contribution in [0, 0.1) is 5.82 Å². The Hall–Kier alpha value is -2.65. The van der Waals surface area contributed by atoms with Gasteiger partial charge in [-0.2, -0.15) is 0 Å². The molecule has 3 N–H and O–H groups in total. The van der Waals surface area contributed by atoms with Crippen LogP contribution in [-0.2, 0) is 4.79 Å². The second kappa shape index (κ2) is 6.63. The normalized spacial score (nSPS) is 10.7. The first-order valence-electron chi connectivity index (χ1n) is 6.56. The third kappa shape index (κ3) is 3.25. The van der Waals surface area contributed by atoms with Crippen LogP contribution in [0.4, 0.5) is 4.39 Å².